The van der Waals surface area contributed by atoms with Gasteiger partial charge in [0.05, 0.1) is 10.6 Å². The largest absolute Gasteiger partial charge is 0.266 e. The molecule has 1 heterocycles. The Morgan fingerprint density at radius 2 is 1.87 bits per heavy atom. The molecule has 0 fully saturated rings. The molecule has 0 atom stereocenters. The van der Waals surface area contributed by atoms with E-state index in [0.717, 1.165) is 6.20 Å². The first-order chi connectivity index (χ1) is 6.75. The number of hydrogen-bond acceptors (Lipinski definition) is 3. The van der Waals surface area contributed by atoms with Crippen LogP contribution in [0.25, 0.3) is 0 Å². The van der Waals surface area contributed by atoms with Gasteiger partial charge in [0.25, 0.3) is 15.5 Å². The van der Waals surface area contributed by atoms with Crippen LogP contribution >= 0.6 is 33.9 Å². The van der Waals surface area contributed by atoms with Gasteiger partial charge in [-0.2, -0.15) is 0 Å². The van der Waals surface area contributed by atoms with Crippen LogP contribution in [-0.4, -0.2) is 13.4 Å². The summed E-state index contributed by atoms with van der Waals surface area (Å²) >= 11 is 10.7. The Bertz CT molecular complexity index is 491. The van der Waals surface area contributed by atoms with Crippen LogP contribution in [0.4, 0.5) is 8.78 Å². The summed E-state index contributed by atoms with van der Waals surface area (Å²) in [6.07, 6.45) is -2.28. The quantitative estimate of drug-likeness (QED) is 0.621. The number of aromatic nitrogens is 1. The summed E-state index contributed by atoms with van der Waals surface area (Å²) < 4.78 is 47.0. The molecule has 0 spiro atoms. The van der Waals surface area contributed by atoms with Crippen molar-refractivity contribution >= 4 is 42.9 Å². The first-order valence-electron chi connectivity index (χ1n) is 3.32. The highest BCUT2D eigenvalue weighted by molar-refractivity contribution is 8.13. The molecule has 0 aliphatic heterocycles. The van der Waals surface area contributed by atoms with Crippen molar-refractivity contribution in [2.75, 3.05) is 0 Å². The summed E-state index contributed by atoms with van der Waals surface area (Å²) in [4.78, 5) is 2.37. The molecule has 0 amide bonds. The van der Waals surface area contributed by atoms with E-state index in [2.05, 4.69) is 4.98 Å². The van der Waals surface area contributed by atoms with Crippen molar-refractivity contribution in [2.45, 2.75) is 11.3 Å². The van der Waals surface area contributed by atoms with Crippen molar-refractivity contribution in [3.8, 4) is 0 Å². The van der Waals surface area contributed by atoms with Crippen LogP contribution in [-0.2, 0) is 9.05 Å². The van der Waals surface area contributed by atoms with Crippen molar-refractivity contribution < 1.29 is 17.2 Å². The van der Waals surface area contributed by atoms with E-state index in [9.17, 15) is 17.2 Å². The minimum Gasteiger partial charge on any atom is -0.242 e. The van der Waals surface area contributed by atoms with Crippen molar-refractivity contribution in [3.05, 3.63) is 21.9 Å². The number of hydrogen-bond donors (Lipinski definition) is 0. The lowest BCUT2D eigenvalue weighted by Gasteiger charge is -2.08. The van der Waals surface area contributed by atoms with E-state index in [1.165, 1.54) is 0 Å². The van der Waals surface area contributed by atoms with Crippen molar-refractivity contribution in [2.24, 2.45) is 0 Å². The topological polar surface area (TPSA) is 47.0 Å². The molecule has 0 bridgehead atoms. The zero-order chi connectivity index (χ0) is 11.8. The molecule has 0 aliphatic rings. The van der Waals surface area contributed by atoms with Crippen molar-refractivity contribution in [1.29, 1.82) is 0 Å². The van der Waals surface area contributed by atoms with E-state index in [0.29, 0.717) is 0 Å². The van der Waals surface area contributed by atoms with Crippen LogP contribution in [0.1, 0.15) is 12.0 Å². The van der Waals surface area contributed by atoms with Crippen LogP contribution < -0.4 is 0 Å². The molecule has 3 nitrogen and oxygen atoms in total. The molecule has 0 N–H and O–H groups in total. The number of nitrogens with zero attached hydrogens (tertiary/aromatic N) is 1. The highest BCUT2D eigenvalue weighted by Gasteiger charge is 2.28. The monoisotopic (exact) mass is 295 g/mol. The van der Waals surface area contributed by atoms with Gasteiger partial charge in [-0.1, -0.05) is 23.2 Å². The molecule has 0 aromatic carbocycles. The minimum absolute atomic E-state index is 0.506. The maximum absolute atomic E-state index is 12.5. The van der Waals surface area contributed by atoms with E-state index in [1.807, 2.05) is 0 Å². The number of alkyl halides is 2. The minimum atomic E-state index is -4.42. The van der Waals surface area contributed by atoms with Gasteiger partial charge >= 0.3 is 0 Å². The molecule has 0 aliphatic carbocycles. The summed E-state index contributed by atoms with van der Waals surface area (Å²) in [5, 5.41) is -1.14. The Kier molecular flexibility index (Phi) is 3.76. The highest BCUT2D eigenvalue weighted by Crippen LogP contribution is 2.37. The van der Waals surface area contributed by atoms with Crippen LogP contribution in [0.15, 0.2) is 11.1 Å². The summed E-state index contributed by atoms with van der Waals surface area (Å²) in [6.45, 7) is 0. The van der Waals surface area contributed by atoms with Gasteiger partial charge in [-0.05, 0) is 0 Å². The van der Waals surface area contributed by atoms with Gasteiger partial charge in [-0.25, -0.2) is 22.2 Å². The Morgan fingerprint density at radius 1 is 1.33 bits per heavy atom. The van der Waals surface area contributed by atoms with Gasteiger partial charge in [0, 0.05) is 16.9 Å². The third-order valence-corrected chi connectivity index (χ3v) is 3.51. The standard InChI is InChI=1S/C6H2Cl3F2NO2S/c7-2-1-12-5(8)4(15(9,13)14)3(2)6(10)11/h1,6H. The average molecular weight is 297 g/mol. The Labute approximate surface area is 98.4 Å². The van der Waals surface area contributed by atoms with Gasteiger partial charge < -0.3 is 0 Å². The lowest BCUT2D eigenvalue weighted by Crippen LogP contribution is -2.02. The first-order valence-corrected chi connectivity index (χ1v) is 6.38. The number of pyridine rings is 1. The molecule has 0 radical (unpaired) electrons. The SMILES string of the molecule is O=S(=O)(Cl)c1c(Cl)ncc(Cl)c1C(F)F. The fourth-order valence-electron chi connectivity index (χ4n) is 0.896. The van der Waals surface area contributed by atoms with Crippen LogP contribution in [0, 0.1) is 0 Å². The van der Waals surface area contributed by atoms with E-state index >= 15 is 0 Å². The fourth-order valence-corrected chi connectivity index (χ4v) is 2.94. The van der Waals surface area contributed by atoms with Gasteiger partial charge in [0.1, 0.15) is 10.0 Å². The molecular formula is C6H2Cl3F2NO2S. The van der Waals surface area contributed by atoms with Crippen LogP contribution in [0.2, 0.25) is 10.2 Å². The van der Waals surface area contributed by atoms with Gasteiger partial charge in [0.2, 0.25) is 0 Å². The molecule has 1 aromatic rings. The summed E-state index contributed by atoms with van der Waals surface area (Å²) in [5.41, 5.74) is -0.938. The predicted molar refractivity (Wildman–Crippen MR) is 52.3 cm³/mol. The van der Waals surface area contributed by atoms with E-state index < -0.39 is 36.1 Å². The van der Waals surface area contributed by atoms with Gasteiger partial charge in [-0.15, -0.1) is 0 Å². The average Bonchev–Trinajstić information content (AvgIpc) is 2.05. The fraction of sp³-hybridized carbons (Fsp3) is 0.167. The smallest absolute Gasteiger partial charge is 0.242 e. The first kappa shape index (κ1) is 12.9. The van der Waals surface area contributed by atoms with Crippen LogP contribution in [0.3, 0.4) is 0 Å². The predicted octanol–water partition coefficient (Wildman–Crippen LogP) is 3.25. The molecule has 1 aromatic heterocycles. The Hall–Kier alpha value is -0.170. The highest BCUT2D eigenvalue weighted by atomic mass is 35.7. The van der Waals surface area contributed by atoms with E-state index in [4.69, 9.17) is 33.9 Å². The molecule has 15 heavy (non-hydrogen) atoms. The second kappa shape index (κ2) is 4.37. The molecule has 0 saturated heterocycles. The molecule has 1 rings (SSSR count). The zero-order valence-corrected chi connectivity index (χ0v) is 9.80. The van der Waals surface area contributed by atoms with Gasteiger partial charge in [-0.3, -0.25) is 0 Å². The summed E-state index contributed by atoms with van der Waals surface area (Å²) in [7, 11) is 0.522. The molecule has 9 heteroatoms. The molecule has 0 saturated carbocycles. The molecule has 0 unspecified atom stereocenters. The Morgan fingerprint density at radius 3 is 2.20 bits per heavy atom. The van der Waals surface area contributed by atoms with E-state index in [1.54, 1.807) is 0 Å². The zero-order valence-electron chi connectivity index (χ0n) is 6.72. The van der Waals surface area contributed by atoms with Gasteiger partial charge in [0.15, 0.2) is 0 Å². The Balaban J connectivity index is 3.68. The number of rotatable bonds is 2. The van der Waals surface area contributed by atoms with Crippen molar-refractivity contribution in [1.82, 2.24) is 4.98 Å². The molecular weight excluding hydrogens is 294 g/mol. The third-order valence-electron chi connectivity index (χ3n) is 1.44. The van der Waals surface area contributed by atoms with Crippen LogP contribution in [0.5, 0.6) is 0 Å². The normalized spacial score (nSPS) is 12.1. The maximum atomic E-state index is 12.5. The third kappa shape index (κ3) is 2.69. The molecule has 84 valence electrons. The lowest BCUT2D eigenvalue weighted by atomic mass is 10.3. The maximum Gasteiger partial charge on any atom is 0.266 e. The lowest BCUT2D eigenvalue weighted by molar-refractivity contribution is 0.148. The summed E-state index contributed by atoms with van der Waals surface area (Å²) in [5.74, 6) is 0. The van der Waals surface area contributed by atoms with E-state index in [-0.39, 0.29) is 0 Å². The van der Waals surface area contributed by atoms with Crippen molar-refractivity contribution in [3.63, 3.8) is 0 Å². The second-order valence-electron chi connectivity index (χ2n) is 2.38. The summed E-state index contributed by atoms with van der Waals surface area (Å²) in [6, 6.07) is 0. The number of halogens is 5. The second-order valence-corrected chi connectivity index (χ2v) is 5.65.